The van der Waals surface area contributed by atoms with Crippen LogP contribution < -0.4 is 5.32 Å². The van der Waals surface area contributed by atoms with Crippen LogP contribution >= 0.6 is 11.3 Å². The van der Waals surface area contributed by atoms with Crippen LogP contribution in [0.5, 0.6) is 0 Å². The molecule has 1 atom stereocenters. The van der Waals surface area contributed by atoms with E-state index in [1.54, 1.807) is 11.3 Å². The Hall–Kier alpha value is -0.980. The molecule has 1 saturated heterocycles. The summed E-state index contributed by atoms with van der Waals surface area (Å²) in [6.45, 7) is 4.51. The van der Waals surface area contributed by atoms with Gasteiger partial charge < -0.3 is 15.3 Å². The van der Waals surface area contributed by atoms with Gasteiger partial charge in [-0.15, -0.1) is 11.3 Å². The number of aryl methyl sites for hydroxylation is 1. The van der Waals surface area contributed by atoms with E-state index in [-0.39, 0.29) is 5.91 Å². The van der Waals surface area contributed by atoms with Crippen molar-refractivity contribution in [3.63, 3.8) is 0 Å². The molecular weight excluding hydrogens is 286 g/mol. The highest BCUT2D eigenvalue weighted by atomic mass is 32.1. The number of aromatic nitrogens is 1. The Morgan fingerprint density at radius 3 is 3.05 bits per heavy atom. The molecule has 0 aromatic carbocycles. The summed E-state index contributed by atoms with van der Waals surface area (Å²) in [6, 6.07) is 0. The number of likely N-dealkylation sites (tertiary alicyclic amines) is 1. The van der Waals surface area contributed by atoms with Crippen molar-refractivity contribution in [3.8, 4) is 0 Å². The third-order valence-electron chi connectivity index (χ3n) is 4.24. The smallest absolute Gasteiger partial charge is 0.255 e. The van der Waals surface area contributed by atoms with E-state index in [1.165, 1.54) is 12.8 Å². The Morgan fingerprint density at radius 1 is 1.57 bits per heavy atom. The minimum absolute atomic E-state index is 0.0940. The first-order chi connectivity index (χ1) is 10.1. The zero-order valence-electron chi connectivity index (χ0n) is 12.5. The summed E-state index contributed by atoms with van der Waals surface area (Å²) >= 11 is 1.60. The number of rotatable bonds is 6. The number of amides is 1. The quantitative estimate of drug-likeness (QED) is 0.831. The maximum absolute atomic E-state index is 12.5. The van der Waals surface area contributed by atoms with Gasteiger partial charge in [0.1, 0.15) is 5.01 Å². The second kappa shape index (κ2) is 6.02. The molecule has 0 radical (unpaired) electrons. The third kappa shape index (κ3) is 3.62. The summed E-state index contributed by atoms with van der Waals surface area (Å²) in [5.41, 5.74) is -0.223. The fourth-order valence-electron chi connectivity index (χ4n) is 2.88. The molecule has 1 aromatic rings. The predicted octanol–water partition coefficient (Wildman–Crippen LogP) is 1.30. The molecule has 5 nitrogen and oxygen atoms in total. The summed E-state index contributed by atoms with van der Waals surface area (Å²) in [5, 5.41) is 16.9. The van der Waals surface area contributed by atoms with Crippen LogP contribution in [-0.2, 0) is 11.3 Å². The summed E-state index contributed by atoms with van der Waals surface area (Å²) in [4.78, 5) is 18.7. The number of piperidine rings is 1. The second-order valence-corrected chi connectivity index (χ2v) is 7.26. The van der Waals surface area contributed by atoms with E-state index >= 15 is 0 Å². The Bertz CT molecular complexity index is 515. The number of nitrogens with one attached hydrogen (secondary N) is 1. The SMILES string of the molecule is Cc1csc(CNCC2(O)CCCN(CC3CC3)C2=O)n1. The van der Waals surface area contributed by atoms with Gasteiger partial charge in [0.2, 0.25) is 0 Å². The van der Waals surface area contributed by atoms with Crippen LogP contribution in [0.15, 0.2) is 5.38 Å². The highest BCUT2D eigenvalue weighted by Gasteiger charge is 2.43. The lowest BCUT2D eigenvalue weighted by molar-refractivity contribution is -0.156. The zero-order chi connectivity index (χ0) is 14.9. The Balaban J connectivity index is 1.53. The van der Waals surface area contributed by atoms with Gasteiger partial charge in [-0.3, -0.25) is 4.79 Å². The molecule has 21 heavy (non-hydrogen) atoms. The van der Waals surface area contributed by atoms with Crippen LogP contribution in [0, 0.1) is 12.8 Å². The van der Waals surface area contributed by atoms with E-state index in [0.29, 0.717) is 25.4 Å². The van der Waals surface area contributed by atoms with Gasteiger partial charge in [0, 0.05) is 37.3 Å². The lowest BCUT2D eigenvalue weighted by Gasteiger charge is -2.38. The van der Waals surface area contributed by atoms with Crippen LogP contribution in [0.4, 0.5) is 0 Å². The molecule has 0 bridgehead atoms. The summed E-state index contributed by atoms with van der Waals surface area (Å²) < 4.78 is 0. The average molecular weight is 309 g/mol. The van der Waals surface area contributed by atoms with E-state index in [1.807, 2.05) is 17.2 Å². The van der Waals surface area contributed by atoms with E-state index in [0.717, 1.165) is 30.2 Å². The van der Waals surface area contributed by atoms with E-state index in [9.17, 15) is 9.90 Å². The minimum atomic E-state index is -1.24. The minimum Gasteiger partial charge on any atom is -0.379 e. The number of carbonyl (C=O) groups excluding carboxylic acids is 1. The van der Waals surface area contributed by atoms with Crippen molar-refractivity contribution in [1.29, 1.82) is 0 Å². The lowest BCUT2D eigenvalue weighted by atomic mass is 9.91. The number of aliphatic hydroxyl groups is 1. The first kappa shape index (κ1) is 14.9. The van der Waals surface area contributed by atoms with E-state index < -0.39 is 5.60 Å². The van der Waals surface area contributed by atoms with Gasteiger partial charge in [-0.1, -0.05) is 0 Å². The molecule has 0 spiro atoms. The molecule has 1 aliphatic heterocycles. The van der Waals surface area contributed by atoms with Gasteiger partial charge in [-0.05, 0) is 38.5 Å². The van der Waals surface area contributed by atoms with Gasteiger partial charge in [-0.25, -0.2) is 4.98 Å². The maximum atomic E-state index is 12.5. The van der Waals surface area contributed by atoms with Gasteiger partial charge in [-0.2, -0.15) is 0 Å². The first-order valence-electron chi connectivity index (χ1n) is 7.70. The molecule has 2 heterocycles. The number of carbonyl (C=O) groups is 1. The molecule has 6 heteroatoms. The molecule has 2 N–H and O–H groups in total. The third-order valence-corrected chi connectivity index (χ3v) is 5.21. The van der Waals surface area contributed by atoms with Crippen molar-refractivity contribution < 1.29 is 9.90 Å². The molecule has 1 saturated carbocycles. The number of nitrogens with zero attached hydrogens (tertiary/aromatic N) is 2. The van der Waals surface area contributed by atoms with Crippen molar-refractivity contribution in [3.05, 3.63) is 16.1 Å². The lowest BCUT2D eigenvalue weighted by Crippen LogP contribution is -2.58. The van der Waals surface area contributed by atoms with Crippen LogP contribution in [-0.4, -0.2) is 46.1 Å². The molecule has 116 valence electrons. The fraction of sp³-hybridized carbons (Fsp3) is 0.733. The Kier molecular flexibility index (Phi) is 4.28. The molecule has 2 aliphatic rings. The largest absolute Gasteiger partial charge is 0.379 e. The standard InChI is InChI=1S/C15H23N3O2S/c1-11-9-21-13(17-11)7-16-10-15(20)5-2-6-18(14(15)19)8-12-3-4-12/h9,12,16,20H,2-8,10H2,1H3. The Labute approximate surface area is 129 Å². The second-order valence-electron chi connectivity index (χ2n) is 6.32. The maximum Gasteiger partial charge on any atom is 0.255 e. The van der Waals surface area contributed by atoms with E-state index in [2.05, 4.69) is 10.3 Å². The number of thiazole rings is 1. The van der Waals surface area contributed by atoms with Crippen molar-refractivity contribution >= 4 is 17.2 Å². The highest BCUT2D eigenvalue weighted by Crippen LogP contribution is 2.32. The van der Waals surface area contributed by atoms with Crippen LogP contribution in [0.1, 0.15) is 36.4 Å². The van der Waals surface area contributed by atoms with Crippen molar-refractivity contribution in [2.45, 2.75) is 44.8 Å². The highest BCUT2D eigenvalue weighted by molar-refractivity contribution is 7.09. The zero-order valence-corrected chi connectivity index (χ0v) is 13.3. The van der Waals surface area contributed by atoms with Gasteiger partial charge >= 0.3 is 0 Å². The van der Waals surface area contributed by atoms with Gasteiger partial charge in [0.05, 0.1) is 0 Å². The molecule has 3 rings (SSSR count). The predicted molar refractivity (Wildman–Crippen MR) is 82.0 cm³/mol. The fourth-order valence-corrected chi connectivity index (χ4v) is 3.62. The number of hydrogen-bond donors (Lipinski definition) is 2. The number of hydrogen-bond acceptors (Lipinski definition) is 5. The molecule has 2 fully saturated rings. The van der Waals surface area contributed by atoms with Gasteiger partial charge in [0.15, 0.2) is 5.60 Å². The monoisotopic (exact) mass is 309 g/mol. The molecule has 1 unspecified atom stereocenters. The summed E-state index contributed by atoms with van der Waals surface area (Å²) in [7, 11) is 0. The normalized spacial score (nSPS) is 26.4. The van der Waals surface area contributed by atoms with Crippen molar-refractivity contribution in [2.24, 2.45) is 5.92 Å². The van der Waals surface area contributed by atoms with Gasteiger partial charge in [0.25, 0.3) is 5.91 Å². The van der Waals surface area contributed by atoms with Crippen LogP contribution in [0.25, 0.3) is 0 Å². The van der Waals surface area contributed by atoms with Crippen molar-refractivity contribution in [1.82, 2.24) is 15.2 Å². The van der Waals surface area contributed by atoms with Crippen LogP contribution in [0.2, 0.25) is 0 Å². The first-order valence-corrected chi connectivity index (χ1v) is 8.58. The van der Waals surface area contributed by atoms with Crippen molar-refractivity contribution in [2.75, 3.05) is 19.6 Å². The molecule has 1 aliphatic carbocycles. The summed E-state index contributed by atoms with van der Waals surface area (Å²) in [5.74, 6) is 0.575. The topological polar surface area (TPSA) is 65.5 Å². The van der Waals surface area contributed by atoms with E-state index in [4.69, 9.17) is 0 Å². The van der Waals surface area contributed by atoms with Crippen LogP contribution in [0.3, 0.4) is 0 Å². The average Bonchev–Trinajstić information content (AvgIpc) is 3.17. The molecular formula is C15H23N3O2S. The Morgan fingerprint density at radius 2 is 2.38 bits per heavy atom. The molecule has 1 amide bonds. The summed E-state index contributed by atoms with van der Waals surface area (Å²) in [6.07, 6.45) is 3.89. The molecule has 1 aromatic heterocycles.